The SMILES string of the molecule is CCNC(c1ccc(Cl)cc1)c1cc2sccc2s1. The summed E-state index contributed by atoms with van der Waals surface area (Å²) in [7, 11) is 0. The number of benzene rings is 1. The Morgan fingerprint density at radius 3 is 2.63 bits per heavy atom. The fourth-order valence-electron chi connectivity index (χ4n) is 2.17. The van der Waals surface area contributed by atoms with Gasteiger partial charge in [0.1, 0.15) is 0 Å². The summed E-state index contributed by atoms with van der Waals surface area (Å²) >= 11 is 9.64. The first-order valence-electron chi connectivity index (χ1n) is 6.23. The van der Waals surface area contributed by atoms with Crippen molar-refractivity contribution in [3.63, 3.8) is 0 Å². The van der Waals surface area contributed by atoms with Gasteiger partial charge in [-0.1, -0.05) is 30.7 Å². The van der Waals surface area contributed by atoms with Gasteiger partial charge in [-0.2, -0.15) is 0 Å². The van der Waals surface area contributed by atoms with Crippen LogP contribution in [0.25, 0.3) is 9.40 Å². The minimum absolute atomic E-state index is 0.256. The summed E-state index contributed by atoms with van der Waals surface area (Å²) in [6.45, 7) is 3.08. The highest BCUT2D eigenvalue weighted by molar-refractivity contribution is 7.27. The van der Waals surface area contributed by atoms with Gasteiger partial charge in [-0.15, -0.1) is 22.7 Å². The number of thiophene rings is 2. The zero-order chi connectivity index (χ0) is 13.2. The largest absolute Gasteiger partial charge is 0.306 e. The van der Waals surface area contributed by atoms with E-state index in [1.165, 1.54) is 19.8 Å². The molecule has 0 radical (unpaired) electrons. The van der Waals surface area contributed by atoms with Crippen LogP contribution in [0.3, 0.4) is 0 Å². The van der Waals surface area contributed by atoms with E-state index in [0.29, 0.717) is 0 Å². The highest BCUT2D eigenvalue weighted by atomic mass is 35.5. The van der Waals surface area contributed by atoms with Crippen LogP contribution in [0.1, 0.15) is 23.4 Å². The number of rotatable bonds is 4. The van der Waals surface area contributed by atoms with Crippen molar-refractivity contribution in [3.8, 4) is 0 Å². The number of hydrogen-bond acceptors (Lipinski definition) is 3. The van der Waals surface area contributed by atoms with Gasteiger partial charge in [0.15, 0.2) is 0 Å². The second-order valence-electron chi connectivity index (χ2n) is 4.34. The van der Waals surface area contributed by atoms with Crippen molar-refractivity contribution < 1.29 is 0 Å². The van der Waals surface area contributed by atoms with E-state index in [-0.39, 0.29) is 6.04 Å². The fraction of sp³-hybridized carbons (Fsp3) is 0.200. The van der Waals surface area contributed by atoms with Gasteiger partial charge in [-0.3, -0.25) is 0 Å². The summed E-state index contributed by atoms with van der Waals surface area (Å²) in [5, 5.41) is 6.49. The molecule has 0 aliphatic rings. The van der Waals surface area contributed by atoms with E-state index < -0.39 is 0 Å². The lowest BCUT2D eigenvalue weighted by atomic mass is 10.1. The van der Waals surface area contributed by atoms with Crippen LogP contribution in [0.2, 0.25) is 5.02 Å². The molecule has 0 bridgehead atoms. The molecule has 19 heavy (non-hydrogen) atoms. The molecule has 0 fully saturated rings. The summed E-state index contributed by atoms with van der Waals surface area (Å²) in [5.41, 5.74) is 1.26. The number of nitrogens with one attached hydrogen (secondary N) is 1. The van der Waals surface area contributed by atoms with Crippen LogP contribution in [0.15, 0.2) is 41.8 Å². The lowest BCUT2D eigenvalue weighted by Gasteiger charge is -2.16. The Balaban J connectivity index is 2.00. The highest BCUT2D eigenvalue weighted by Crippen LogP contribution is 2.36. The molecule has 2 aromatic heterocycles. The molecule has 0 amide bonds. The van der Waals surface area contributed by atoms with Crippen molar-refractivity contribution in [3.05, 3.63) is 57.2 Å². The second kappa shape index (κ2) is 5.63. The van der Waals surface area contributed by atoms with E-state index in [2.05, 4.69) is 41.9 Å². The normalized spacial score (nSPS) is 12.9. The maximum absolute atomic E-state index is 5.97. The van der Waals surface area contributed by atoms with Gasteiger partial charge in [0.25, 0.3) is 0 Å². The van der Waals surface area contributed by atoms with Gasteiger partial charge in [-0.05, 0) is 41.8 Å². The molecule has 0 saturated carbocycles. The Bertz CT molecular complexity index is 640. The Morgan fingerprint density at radius 1 is 1.16 bits per heavy atom. The van der Waals surface area contributed by atoms with Crippen molar-refractivity contribution in [1.29, 1.82) is 0 Å². The lowest BCUT2D eigenvalue weighted by Crippen LogP contribution is -2.20. The summed E-state index contributed by atoms with van der Waals surface area (Å²) in [4.78, 5) is 1.37. The van der Waals surface area contributed by atoms with E-state index in [0.717, 1.165) is 11.6 Å². The molecule has 1 N–H and O–H groups in total. The van der Waals surface area contributed by atoms with Gasteiger partial charge in [0.05, 0.1) is 6.04 Å². The van der Waals surface area contributed by atoms with Gasteiger partial charge in [0.2, 0.25) is 0 Å². The molecular weight excluding hydrogens is 294 g/mol. The van der Waals surface area contributed by atoms with Crippen molar-refractivity contribution >= 4 is 43.7 Å². The molecule has 1 nitrogen and oxygen atoms in total. The Labute approximate surface area is 125 Å². The van der Waals surface area contributed by atoms with Crippen molar-refractivity contribution in [1.82, 2.24) is 5.32 Å². The summed E-state index contributed by atoms with van der Waals surface area (Å²) < 4.78 is 2.74. The van der Waals surface area contributed by atoms with Crippen molar-refractivity contribution in [2.45, 2.75) is 13.0 Å². The molecule has 1 atom stereocenters. The number of fused-ring (bicyclic) bond motifs is 1. The molecule has 0 aliphatic heterocycles. The zero-order valence-electron chi connectivity index (χ0n) is 10.5. The predicted octanol–water partition coefficient (Wildman–Crippen LogP) is 5.32. The van der Waals surface area contributed by atoms with Crippen LogP contribution in [0, 0.1) is 0 Å². The predicted molar refractivity (Wildman–Crippen MR) is 86.7 cm³/mol. The van der Waals surface area contributed by atoms with Crippen LogP contribution in [-0.4, -0.2) is 6.54 Å². The van der Waals surface area contributed by atoms with Gasteiger partial charge in [0, 0.05) is 19.3 Å². The first-order chi connectivity index (χ1) is 9.28. The van der Waals surface area contributed by atoms with Crippen LogP contribution < -0.4 is 5.32 Å². The maximum Gasteiger partial charge on any atom is 0.0671 e. The molecule has 4 heteroatoms. The summed E-state index contributed by atoms with van der Waals surface area (Å²) in [5.74, 6) is 0. The number of hydrogen-bond donors (Lipinski definition) is 1. The Hall–Kier alpha value is -0.870. The molecule has 3 aromatic rings. The fourth-order valence-corrected chi connectivity index (χ4v) is 4.52. The first-order valence-corrected chi connectivity index (χ1v) is 8.31. The molecule has 0 aliphatic carbocycles. The van der Waals surface area contributed by atoms with Crippen molar-refractivity contribution in [2.75, 3.05) is 6.54 Å². The van der Waals surface area contributed by atoms with Gasteiger partial charge >= 0.3 is 0 Å². The summed E-state index contributed by atoms with van der Waals surface area (Å²) in [6.07, 6.45) is 0. The zero-order valence-corrected chi connectivity index (χ0v) is 12.9. The maximum atomic E-state index is 5.97. The average Bonchev–Trinajstić information content (AvgIpc) is 2.98. The Kier molecular flexibility index (Phi) is 3.89. The monoisotopic (exact) mass is 307 g/mol. The van der Waals surface area contributed by atoms with Crippen LogP contribution in [0.5, 0.6) is 0 Å². The molecule has 0 saturated heterocycles. The van der Waals surface area contributed by atoms with E-state index in [1.807, 2.05) is 23.5 Å². The average molecular weight is 308 g/mol. The van der Waals surface area contributed by atoms with E-state index in [9.17, 15) is 0 Å². The molecule has 1 aromatic carbocycles. The van der Waals surface area contributed by atoms with E-state index in [4.69, 9.17) is 11.6 Å². The molecule has 0 spiro atoms. The first kappa shape index (κ1) is 13.1. The molecule has 2 heterocycles. The van der Waals surface area contributed by atoms with Crippen molar-refractivity contribution in [2.24, 2.45) is 0 Å². The van der Waals surface area contributed by atoms with Crippen LogP contribution in [-0.2, 0) is 0 Å². The number of halogens is 1. The van der Waals surface area contributed by atoms with E-state index >= 15 is 0 Å². The highest BCUT2D eigenvalue weighted by Gasteiger charge is 2.16. The van der Waals surface area contributed by atoms with Gasteiger partial charge in [-0.25, -0.2) is 0 Å². The Morgan fingerprint density at radius 2 is 1.95 bits per heavy atom. The second-order valence-corrected chi connectivity index (χ2v) is 6.84. The third kappa shape index (κ3) is 2.70. The molecule has 3 rings (SSSR count). The quantitative estimate of drug-likeness (QED) is 0.688. The van der Waals surface area contributed by atoms with Gasteiger partial charge < -0.3 is 5.32 Å². The third-order valence-electron chi connectivity index (χ3n) is 3.05. The molecule has 1 unspecified atom stereocenters. The lowest BCUT2D eigenvalue weighted by molar-refractivity contribution is 0.640. The van der Waals surface area contributed by atoms with Crippen LogP contribution in [0.4, 0.5) is 0 Å². The standard InChI is InChI=1S/C15H14ClNS2/c1-2-17-15(10-3-5-11(16)6-4-10)14-9-13-12(19-14)7-8-18-13/h3-9,15,17H,2H2,1H3. The molecular formula is C15H14ClNS2. The smallest absolute Gasteiger partial charge is 0.0671 e. The topological polar surface area (TPSA) is 12.0 Å². The third-order valence-corrected chi connectivity index (χ3v) is 5.46. The summed E-state index contributed by atoms with van der Waals surface area (Å²) in [6, 6.07) is 12.9. The molecule has 98 valence electrons. The minimum atomic E-state index is 0.256. The minimum Gasteiger partial charge on any atom is -0.306 e. The van der Waals surface area contributed by atoms with Crippen LogP contribution >= 0.6 is 34.3 Å². The van der Waals surface area contributed by atoms with E-state index in [1.54, 1.807) is 11.3 Å².